The third-order valence-electron chi connectivity index (χ3n) is 4.40. The van der Waals surface area contributed by atoms with Gasteiger partial charge < -0.3 is 5.73 Å². The average molecular weight is 364 g/mol. The molecule has 2 N–H and O–H groups in total. The number of hydrogen-bond acceptors (Lipinski definition) is 1. The second kappa shape index (κ2) is 6.29. The Morgan fingerprint density at radius 2 is 1.71 bits per heavy atom. The van der Waals surface area contributed by atoms with E-state index in [2.05, 4.69) is 29.8 Å². The summed E-state index contributed by atoms with van der Waals surface area (Å²) >= 11 is 3.11. The van der Waals surface area contributed by atoms with Gasteiger partial charge in [0.15, 0.2) is 0 Å². The van der Waals surface area contributed by atoms with Crippen molar-refractivity contribution in [3.8, 4) is 0 Å². The maximum absolute atomic E-state index is 13.2. The van der Waals surface area contributed by atoms with E-state index in [-0.39, 0.29) is 11.5 Å². The molecule has 21 heavy (non-hydrogen) atoms. The first-order valence-corrected chi connectivity index (χ1v) is 8.10. The Kier molecular flexibility index (Phi) is 5.03. The number of nitrogens with two attached hydrogens (primary N) is 1. The van der Waals surface area contributed by atoms with Crippen LogP contribution in [0.15, 0.2) is 22.7 Å². The lowest BCUT2D eigenvalue weighted by molar-refractivity contribution is -0.138. The Morgan fingerprint density at radius 3 is 2.24 bits per heavy atom. The Balaban J connectivity index is 2.32. The largest absolute Gasteiger partial charge is 0.416 e. The van der Waals surface area contributed by atoms with Crippen molar-refractivity contribution >= 4 is 15.9 Å². The quantitative estimate of drug-likeness (QED) is 0.733. The first kappa shape index (κ1) is 16.8. The van der Waals surface area contributed by atoms with Crippen molar-refractivity contribution < 1.29 is 13.2 Å². The molecule has 0 saturated heterocycles. The third kappa shape index (κ3) is 4.01. The molecule has 0 bridgehead atoms. The van der Waals surface area contributed by atoms with Gasteiger partial charge in [0.05, 0.1) is 5.56 Å². The lowest BCUT2D eigenvalue weighted by Gasteiger charge is -2.36. The van der Waals surface area contributed by atoms with Crippen molar-refractivity contribution in [2.45, 2.75) is 45.3 Å². The van der Waals surface area contributed by atoms with E-state index in [1.807, 2.05) is 0 Å². The summed E-state index contributed by atoms with van der Waals surface area (Å²) in [5.41, 5.74) is 5.83. The highest BCUT2D eigenvalue weighted by molar-refractivity contribution is 9.10. The van der Waals surface area contributed by atoms with E-state index in [4.69, 9.17) is 5.73 Å². The fourth-order valence-electron chi connectivity index (χ4n) is 3.62. The van der Waals surface area contributed by atoms with Gasteiger partial charge in [0.2, 0.25) is 0 Å². The van der Waals surface area contributed by atoms with Crippen LogP contribution in [-0.2, 0) is 6.18 Å². The van der Waals surface area contributed by atoms with E-state index >= 15 is 0 Å². The van der Waals surface area contributed by atoms with Crippen LogP contribution < -0.4 is 5.73 Å². The van der Waals surface area contributed by atoms with Crippen molar-refractivity contribution in [3.63, 3.8) is 0 Å². The van der Waals surface area contributed by atoms with Gasteiger partial charge in [-0.1, -0.05) is 35.8 Å². The van der Waals surface area contributed by atoms with Gasteiger partial charge in [-0.3, -0.25) is 0 Å². The highest BCUT2D eigenvalue weighted by atomic mass is 79.9. The summed E-state index contributed by atoms with van der Waals surface area (Å²) in [4.78, 5) is 0. The minimum Gasteiger partial charge on any atom is -0.324 e. The molecule has 0 amide bonds. The maximum atomic E-state index is 13.2. The zero-order chi connectivity index (χ0) is 15.8. The minimum absolute atomic E-state index is 0.117. The Hall–Kier alpha value is -0.550. The molecule has 3 atom stereocenters. The summed E-state index contributed by atoms with van der Waals surface area (Å²) < 4.78 is 40.1. The van der Waals surface area contributed by atoms with Gasteiger partial charge in [-0.05, 0) is 54.7 Å². The molecule has 1 nitrogen and oxygen atoms in total. The van der Waals surface area contributed by atoms with E-state index in [9.17, 15) is 13.2 Å². The van der Waals surface area contributed by atoms with Gasteiger partial charge in [-0.25, -0.2) is 0 Å². The van der Waals surface area contributed by atoms with Crippen LogP contribution >= 0.6 is 15.9 Å². The smallest absolute Gasteiger partial charge is 0.324 e. The molecule has 2 rings (SSSR count). The second-order valence-electron chi connectivity index (χ2n) is 6.43. The van der Waals surface area contributed by atoms with E-state index in [1.165, 1.54) is 6.07 Å². The lowest BCUT2D eigenvalue weighted by atomic mass is 9.72. The molecular weight excluding hydrogens is 343 g/mol. The van der Waals surface area contributed by atoms with E-state index in [0.717, 1.165) is 25.3 Å². The highest BCUT2D eigenvalue weighted by Gasteiger charge is 2.37. The molecule has 1 fully saturated rings. The van der Waals surface area contributed by atoms with Crippen molar-refractivity contribution in [3.05, 3.63) is 33.8 Å². The van der Waals surface area contributed by atoms with Crippen LogP contribution in [0.3, 0.4) is 0 Å². The Morgan fingerprint density at radius 1 is 1.14 bits per heavy atom. The molecule has 0 spiro atoms. The molecule has 5 heteroatoms. The molecule has 3 unspecified atom stereocenters. The summed E-state index contributed by atoms with van der Waals surface area (Å²) in [7, 11) is 0. The summed E-state index contributed by atoms with van der Waals surface area (Å²) in [5.74, 6) is 1.16. The number of halogens is 4. The van der Waals surface area contributed by atoms with Gasteiger partial charge >= 0.3 is 6.18 Å². The van der Waals surface area contributed by atoms with Crippen LogP contribution in [0.25, 0.3) is 0 Å². The van der Waals surface area contributed by atoms with Gasteiger partial charge in [0.1, 0.15) is 0 Å². The molecule has 0 aliphatic heterocycles. The molecule has 0 radical (unpaired) electrons. The fourth-order valence-corrected chi connectivity index (χ4v) is 3.98. The number of hydrogen-bond donors (Lipinski definition) is 1. The van der Waals surface area contributed by atoms with Gasteiger partial charge in [-0.2, -0.15) is 13.2 Å². The molecule has 1 aliphatic carbocycles. The molecule has 1 aromatic rings. The maximum Gasteiger partial charge on any atom is 0.416 e. The zero-order valence-electron chi connectivity index (χ0n) is 12.3. The number of alkyl halides is 3. The molecule has 1 aliphatic rings. The molecule has 0 heterocycles. The van der Waals surface area contributed by atoms with Crippen LogP contribution in [0.2, 0.25) is 0 Å². The van der Waals surface area contributed by atoms with Crippen molar-refractivity contribution in [2.24, 2.45) is 23.5 Å². The second-order valence-corrected chi connectivity index (χ2v) is 7.35. The zero-order valence-corrected chi connectivity index (χ0v) is 13.8. The van der Waals surface area contributed by atoms with Gasteiger partial charge in [-0.15, -0.1) is 0 Å². The van der Waals surface area contributed by atoms with Crippen LogP contribution in [0.5, 0.6) is 0 Å². The van der Waals surface area contributed by atoms with Crippen molar-refractivity contribution in [2.75, 3.05) is 0 Å². The van der Waals surface area contributed by atoms with Crippen LogP contribution in [0.1, 0.15) is 50.3 Å². The Bertz CT molecular complexity index is 491. The van der Waals surface area contributed by atoms with Gasteiger partial charge in [0, 0.05) is 10.5 Å². The highest BCUT2D eigenvalue weighted by Crippen LogP contribution is 2.42. The fraction of sp³-hybridized carbons (Fsp3) is 0.625. The first-order valence-electron chi connectivity index (χ1n) is 7.30. The first-order chi connectivity index (χ1) is 9.68. The van der Waals surface area contributed by atoms with Crippen molar-refractivity contribution in [1.82, 2.24) is 0 Å². The normalized spacial score (nSPS) is 28.4. The van der Waals surface area contributed by atoms with E-state index in [1.54, 1.807) is 6.07 Å². The number of benzene rings is 1. The molecule has 1 saturated carbocycles. The minimum atomic E-state index is -4.37. The molecular formula is C16H21BrF3N. The molecule has 118 valence electrons. The monoisotopic (exact) mass is 363 g/mol. The third-order valence-corrected chi connectivity index (χ3v) is 4.90. The summed E-state index contributed by atoms with van der Waals surface area (Å²) in [6, 6.07) is 3.73. The topological polar surface area (TPSA) is 26.0 Å². The summed E-state index contributed by atoms with van der Waals surface area (Å²) in [5, 5.41) is 0. The predicted molar refractivity (Wildman–Crippen MR) is 81.7 cm³/mol. The lowest BCUT2D eigenvalue weighted by Crippen LogP contribution is -2.30. The van der Waals surface area contributed by atoms with E-state index in [0.29, 0.717) is 16.3 Å². The van der Waals surface area contributed by atoms with E-state index < -0.39 is 17.8 Å². The standard InChI is InChI=1S/C16H21BrF3N/c1-9-5-10(2)7-11(6-9)15(21)13-4-3-12(17)8-14(13)16(18,19)20/h3-4,8-11,15H,5-7,21H2,1-2H3. The molecule has 0 aromatic heterocycles. The van der Waals surface area contributed by atoms with Crippen LogP contribution in [-0.4, -0.2) is 0 Å². The SMILES string of the molecule is CC1CC(C)CC(C(N)c2ccc(Br)cc2C(F)(F)F)C1. The summed E-state index contributed by atoms with van der Waals surface area (Å²) in [6.45, 7) is 4.31. The number of rotatable bonds is 2. The average Bonchev–Trinajstić information content (AvgIpc) is 2.35. The van der Waals surface area contributed by atoms with Gasteiger partial charge in [0.25, 0.3) is 0 Å². The predicted octanol–water partition coefficient (Wildman–Crippen LogP) is 5.54. The van der Waals surface area contributed by atoms with Crippen molar-refractivity contribution in [1.29, 1.82) is 0 Å². The van der Waals surface area contributed by atoms with Crippen LogP contribution in [0.4, 0.5) is 13.2 Å². The van der Waals surface area contributed by atoms with Crippen LogP contribution in [0, 0.1) is 17.8 Å². The summed E-state index contributed by atoms with van der Waals surface area (Å²) in [6.07, 6.45) is -1.43. The molecule has 1 aromatic carbocycles. The Labute approximate surface area is 132 Å².